The molecule has 0 unspecified atom stereocenters. The lowest BCUT2D eigenvalue weighted by molar-refractivity contribution is 0.0180. The number of ketones is 2. The number of hydrogen-bond acceptors (Lipinski definition) is 6. The number of ether oxygens (including phenoxy) is 1. The second kappa shape index (κ2) is 6.54. The third-order valence-corrected chi connectivity index (χ3v) is 4.92. The molecule has 0 saturated carbocycles. The van der Waals surface area contributed by atoms with Gasteiger partial charge in [-0.25, -0.2) is 4.79 Å². The fourth-order valence-corrected chi connectivity index (χ4v) is 3.53. The molecule has 1 amide bonds. The van der Waals surface area contributed by atoms with Crippen molar-refractivity contribution in [1.82, 2.24) is 19.9 Å². The topological polar surface area (TPSA) is 94.4 Å². The summed E-state index contributed by atoms with van der Waals surface area (Å²) in [6.45, 7) is 6.52. The minimum Gasteiger partial charge on any atom is -0.444 e. The zero-order valence-electron chi connectivity index (χ0n) is 16.1. The molecule has 4 rings (SSSR count). The van der Waals surface area contributed by atoms with E-state index in [-0.39, 0.29) is 35.1 Å². The fourth-order valence-electron chi connectivity index (χ4n) is 3.53. The van der Waals surface area contributed by atoms with Crippen molar-refractivity contribution in [3.05, 3.63) is 46.8 Å². The van der Waals surface area contributed by atoms with Crippen molar-refractivity contribution in [2.45, 2.75) is 45.3 Å². The first-order valence-corrected chi connectivity index (χ1v) is 9.38. The van der Waals surface area contributed by atoms with Crippen molar-refractivity contribution in [3.63, 3.8) is 0 Å². The second-order valence-electron chi connectivity index (χ2n) is 8.12. The van der Waals surface area contributed by atoms with Crippen LogP contribution in [0.25, 0.3) is 0 Å². The van der Waals surface area contributed by atoms with E-state index in [2.05, 4.69) is 10.2 Å². The molecule has 0 atom stereocenters. The van der Waals surface area contributed by atoms with E-state index in [4.69, 9.17) is 4.74 Å². The molecule has 1 aromatic carbocycles. The van der Waals surface area contributed by atoms with Gasteiger partial charge in [0.25, 0.3) is 0 Å². The van der Waals surface area contributed by atoms with E-state index in [1.807, 2.05) is 20.8 Å². The van der Waals surface area contributed by atoms with Crippen LogP contribution in [0.15, 0.2) is 24.3 Å². The zero-order valence-corrected chi connectivity index (χ0v) is 16.1. The van der Waals surface area contributed by atoms with Crippen molar-refractivity contribution < 1.29 is 19.1 Å². The van der Waals surface area contributed by atoms with Crippen LogP contribution in [0.3, 0.4) is 0 Å². The number of aromatic nitrogens is 3. The molecular formula is C20H22N4O4. The van der Waals surface area contributed by atoms with Crippen LogP contribution >= 0.6 is 0 Å². The Balaban J connectivity index is 1.50. The largest absolute Gasteiger partial charge is 0.444 e. The summed E-state index contributed by atoms with van der Waals surface area (Å²) in [4.78, 5) is 40.7. The van der Waals surface area contributed by atoms with E-state index >= 15 is 0 Å². The highest BCUT2D eigenvalue weighted by Gasteiger charge is 2.36. The van der Waals surface area contributed by atoms with Crippen LogP contribution in [0.1, 0.15) is 71.8 Å². The maximum atomic E-state index is 12.7. The molecule has 8 nitrogen and oxygen atoms in total. The van der Waals surface area contributed by atoms with E-state index in [1.165, 1.54) is 4.80 Å². The minimum atomic E-state index is -0.535. The number of benzene rings is 1. The van der Waals surface area contributed by atoms with Crippen LogP contribution in [0.4, 0.5) is 4.79 Å². The fraction of sp³-hybridized carbons (Fsp3) is 0.450. The van der Waals surface area contributed by atoms with E-state index < -0.39 is 5.60 Å². The number of carbonyl (C=O) groups excluding carboxylic acids is 3. The highest BCUT2D eigenvalue weighted by Crippen LogP contribution is 2.28. The molecule has 0 bridgehead atoms. The predicted octanol–water partition coefficient (Wildman–Crippen LogP) is 2.63. The summed E-state index contributed by atoms with van der Waals surface area (Å²) in [6.07, 6.45) is 0.920. The van der Waals surface area contributed by atoms with Crippen LogP contribution in [0.2, 0.25) is 0 Å². The molecule has 28 heavy (non-hydrogen) atoms. The van der Waals surface area contributed by atoms with E-state index in [0.29, 0.717) is 37.1 Å². The van der Waals surface area contributed by atoms with E-state index in [1.54, 1.807) is 29.2 Å². The van der Waals surface area contributed by atoms with Gasteiger partial charge in [0.05, 0.1) is 6.04 Å². The van der Waals surface area contributed by atoms with Gasteiger partial charge < -0.3 is 9.64 Å². The maximum Gasteiger partial charge on any atom is 0.410 e. The van der Waals surface area contributed by atoms with Gasteiger partial charge >= 0.3 is 6.09 Å². The summed E-state index contributed by atoms with van der Waals surface area (Å²) < 4.78 is 5.41. The van der Waals surface area contributed by atoms with Gasteiger partial charge in [0.15, 0.2) is 11.4 Å². The minimum absolute atomic E-state index is 0.0759. The van der Waals surface area contributed by atoms with Crippen molar-refractivity contribution in [3.8, 4) is 0 Å². The van der Waals surface area contributed by atoms with Gasteiger partial charge in [-0.15, -0.1) is 10.2 Å². The van der Waals surface area contributed by atoms with E-state index in [0.717, 1.165) is 0 Å². The Morgan fingerprint density at radius 1 is 1.00 bits per heavy atom. The van der Waals surface area contributed by atoms with Gasteiger partial charge in [-0.3, -0.25) is 9.59 Å². The molecule has 1 saturated heterocycles. The summed E-state index contributed by atoms with van der Waals surface area (Å²) in [5.74, 6) is -0.551. The lowest BCUT2D eigenvalue weighted by Crippen LogP contribution is -2.42. The second-order valence-corrected chi connectivity index (χ2v) is 8.12. The molecule has 2 aliphatic rings. The van der Waals surface area contributed by atoms with Crippen LogP contribution in [0, 0.1) is 0 Å². The first kappa shape index (κ1) is 18.3. The number of carbonyl (C=O) groups is 3. The average Bonchev–Trinajstić information content (AvgIpc) is 3.11. The highest BCUT2D eigenvalue weighted by molar-refractivity contribution is 6.26. The quantitative estimate of drug-likeness (QED) is 0.642. The lowest BCUT2D eigenvalue weighted by Gasteiger charge is -2.32. The summed E-state index contributed by atoms with van der Waals surface area (Å²) in [5.41, 5.74) is 0.418. The molecule has 1 aromatic heterocycles. The first-order valence-electron chi connectivity index (χ1n) is 9.38. The van der Waals surface area contributed by atoms with Gasteiger partial charge in [-0.05, 0) is 33.6 Å². The van der Waals surface area contributed by atoms with Crippen molar-refractivity contribution in [1.29, 1.82) is 0 Å². The number of rotatable bonds is 1. The molecule has 146 valence electrons. The van der Waals surface area contributed by atoms with Gasteiger partial charge in [0.1, 0.15) is 5.60 Å². The Kier molecular flexibility index (Phi) is 4.28. The van der Waals surface area contributed by atoms with Gasteiger partial charge in [-0.1, -0.05) is 24.3 Å². The Bertz CT molecular complexity index is 912. The van der Waals surface area contributed by atoms with Gasteiger partial charge in [0.2, 0.25) is 11.6 Å². The Labute approximate surface area is 162 Å². The molecule has 2 heterocycles. The number of amides is 1. The number of fused-ring (bicyclic) bond motifs is 2. The van der Waals surface area contributed by atoms with Crippen molar-refractivity contribution >= 4 is 17.7 Å². The normalized spacial score (nSPS) is 17.3. The number of piperidine rings is 1. The third-order valence-electron chi connectivity index (χ3n) is 4.92. The molecule has 1 fully saturated rings. The molecule has 1 aliphatic heterocycles. The summed E-state index contributed by atoms with van der Waals surface area (Å²) in [5, 5.41) is 8.67. The monoisotopic (exact) mass is 382 g/mol. The predicted molar refractivity (Wildman–Crippen MR) is 99.4 cm³/mol. The van der Waals surface area contributed by atoms with Crippen LogP contribution in [0.5, 0.6) is 0 Å². The van der Waals surface area contributed by atoms with Crippen LogP contribution in [-0.4, -0.2) is 56.2 Å². The van der Waals surface area contributed by atoms with Gasteiger partial charge in [0, 0.05) is 24.2 Å². The zero-order chi connectivity index (χ0) is 20.1. The van der Waals surface area contributed by atoms with Crippen LogP contribution in [-0.2, 0) is 4.74 Å². The smallest absolute Gasteiger partial charge is 0.410 e. The van der Waals surface area contributed by atoms with E-state index in [9.17, 15) is 14.4 Å². The molecule has 0 N–H and O–H groups in total. The molecule has 0 radical (unpaired) electrons. The Morgan fingerprint density at radius 3 is 1.96 bits per heavy atom. The SMILES string of the molecule is CC(C)(C)OC(=O)N1CCC(n2nc3c(n2)C(=O)c2ccccc2C3=O)CC1. The molecule has 8 heteroatoms. The molecular weight excluding hydrogens is 360 g/mol. The molecule has 1 aliphatic carbocycles. The number of nitrogens with zero attached hydrogens (tertiary/aromatic N) is 4. The average molecular weight is 382 g/mol. The first-order chi connectivity index (χ1) is 13.2. The molecule has 0 spiro atoms. The maximum absolute atomic E-state index is 12.7. The van der Waals surface area contributed by atoms with Crippen LogP contribution < -0.4 is 0 Å². The number of likely N-dealkylation sites (tertiary alicyclic amines) is 1. The number of hydrogen-bond donors (Lipinski definition) is 0. The summed E-state index contributed by atoms with van der Waals surface area (Å²) >= 11 is 0. The Morgan fingerprint density at radius 2 is 1.50 bits per heavy atom. The summed E-state index contributed by atoms with van der Waals surface area (Å²) in [7, 11) is 0. The third kappa shape index (κ3) is 3.19. The standard InChI is InChI=1S/C20H22N4O4/c1-20(2,3)28-19(27)23-10-8-12(9-11-23)24-21-15-16(22-24)18(26)14-7-5-4-6-13(14)17(15)25/h4-7,12H,8-11H2,1-3H3. The molecule has 2 aromatic rings. The van der Waals surface area contributed by atoms with Crippen molar-refractivity contribution in [2.24, 2.45) is 0 Å². The van der Waals surface area contributed by atoms with Gasteiger partial charge in [-0.2, -0.15) is 4.80 Å². The Hall–Kier alpha value is -3.03. The highest BCUT2D eigenvalue weighted by atomic mass is 16.6. The lowest BCUT2D eigenvalue weighted by atomic mass is 9.90. The van der Waals surface area contributed by atoms with Crippen molar-refractivity contribution in [2.75, 3.05) is 13.1 Å². The summed E-state index contributed by atoms with van der Waals surface area (Å²) in [6, 6.07) is 6.65.